The molecule has 5 nitrogen and oxygen atoms in total. The fourth-order valence-electron chi connectivity index (χ4n) is 1.52. The van der Waals surface area contributed by atoms with Crippen LogP contribution in [0, 0.1) is 0 Å². The fourth-order valence-corrected chi connectivity index (χ4v) is 1.73. The van der Waals surface area contributed by atoms with Gasteiger partial charge < -0.3 is 15.4 Å². The Labute approximate surface area is 117 Å². The minimum Gasteiger partial charge on any atom is -0.496 e. The van der Waals surface area contributed by atoms with E-state index >= 15 is 0 Å². The van der Waals surface area contributed by atoms with Crippen molar-refractivity contribution >= 4 is 29.1 Å². The van der Waals surface area contributed by atoms with E-state index in [9.17, 15) is 9.59 Å². The number of ether oxygens (including phenoxy) is 1. The third-order valence-corrected chi connectivity index (χ3v) is 2.69. The van der Waals surface area contributed by atoms with Crippen molar-refractivity contribution < 1.29 is 14.3 Å². The van der Waals surface area contributed by atoms with Gasteiger partial charge in [0, 0.05) is 19.5 Å². The molecule has 6 heteroatoms. The summed E-state index contributed by atoms with van der Waals surface area (Å²) in [5, 5.41) is 5.61. The lowest BCUT2D eigenvalue weighted by Crippen LogP contribution is -2.24. The van der Waals surface area contributed by atoms with E-state index in [2.05, 4.69) is 10.6 Å². The lowest BCUT2D eigenvalue weighted by molar-refractivity contribution is -0.114. The molecule has 2 amide bonds. The number of methoxy groups -OCH3 is 1. The lowest BCUT2D eigenvalue weighted by atomic mass is 10.1. The quantitative estimate of drug-likeness (QED) is 0.873. The second-order valence-electron chi connectivity index (χ2n) is 3.97. The van der Waals surface area contributed by atoms with Gasteiger partial charge in [-0.1, -0.05) is 18.5 Å². The maximum Gasteiger partial charge on any atom is 0.255 e. The highest BCUT2D eigenvalue weighted by atomic mass is 35.5. The fraction of sp³-hybridized carbons (Fsp3) is 0.385. The zero-order valence-electron chi connectivity index (χ0n) is 11.2. The van der Waals surface area contributed by atoms with Crippen LogP contribution in [0.1, 0.15) is 30.6 Å². The number of hydrogen-bond donors (Lipinski definition) is 2. The van der Waals surface area contributed by atoms with Crippen molar-refractivity contribution in [1.29, 1.82) is 0 Å². The first-order valence-electron chi connectivity index (χ1n) is 5.92. The first kappa shape index (κ1) is 15.3. The Kier molecular flexibility index (Phi) is 5.63. The molecule has 0 fully saturated rings. The third kappa shape index (κ3) is 4.13. The number of halogens is 1. The van der Waals surface area contributed by atoms with E-state index in [1.807, 2.05) is 6.92 Å². The SMILES string of the molecule is CCCNC(=O)c1cc(Cl)c(NC(C)=O)cc1OC. The standard InChI is InChI=1S/C13H17ClN2O3/c1-4-5-15-13(18)9-6-10(14)11(16-8(2)17)7-12(9)19-3/h6-7H,4-5H2,1-3H3,(H,15,18)(H,16,17). The van der Waals surface area contributed by atoms with Gasteiger partial charge in [-0.3, -0.25) is 9.59 Å². The molecular formula is C13H17ClN2O3. The summed E-state index contributed by atoms with van der Waals surface area (Å²) in [5.41, 5.74) is 0.758. The molecule has 19 heavy (non-hydrogen) atoms. The van der Waals surface area contributed by atoms with Crippen LogP contribution in [-0.2, 0) is 4.79 Å². The number of benzene rings is 1. The molecule has 0 atom stereocenters. The molecule has 0 aliphatic carbocycles. The highest BCUT2D eigenvalue weighted by Gasteiger charge is 2.15. The van der Waals surface area contributed by atoms with Gasteiger partial charge in [-0.2, -0.15) is 0 Å². The van der Waals surface area contributed by atoms with Crippen molar-refractivity contribution in [2.24, 2.45) is 0 Å². The summed E-state index contributed by atoms with van der Waals surface area (Å²) in [5.74, 6) is -0.135. The number of amides is 2. The molecule has 0 heterocycles. The molecule has 0 saturated carbocycles. The predicted octanol–water partition coefficient (Wildman–Crippen LogP) is 2.45. The minimum atomic E-state index is -0.255. The summed E-state index contributed by atoms with van der Waals surface area (Å²) in [6, 6.07) is 3.02. The molecule has 0 aromatic heterocycles. The Bertz CT molecular complexity index is 489. The largest absolute Gasteiger partial charge is 0.496 e. The van der Waals surface area contributed by atoms with Crippen molar-refractivity contribution in [2.45, 2.75) is 20.3 Å². The zero-order chi connectivity index (χ0) is 14.4. The van der Waals surface area contributed by atoms with Crippen LogP contribution in [-0.4, -0.2) is 25.5 Å². The summed E-state index contributed by atoms with van der Waals surface area (Å²) >= 11 is 6.03. The Morgan fingerprint density at radius 3 is 2.58 bits per heavy atom. The molecule has 1 aromatic rings. The number of hydrogen-bond acceptors (Lipinski definition) is 3. The highest BCUT2D eigenvalue weighted by Crippen LogP contribution is 2.30. The Morgan fingerprint density at radius 1 is 1.37 bits per heavy atom. The summed E-state index contributed by atoms with van der Waals surface area (Å²) in [6.07, 6.45) is 0.839. The van der Waals surface area contributed by atoms with Crippen LogP contribution in [0.25, 0.3) is 0 Å². The van der Waals surface area contributed by atoms with Crippen LogP contribution in [0.3, 0.4) is 0 Å². The number of anilines is 1. The maximum absolute atomic E-state index is 11.9. The normalized spacial score (nSPS) is 9.89. The smallest absolute Gasteiger partial charge is 0.255 e. The number of carbonyl (C=O) groups is 2. The third-order valence-electron chi connectivity index (χ3n) is 2.38. The summed E-state index contributed by atoms with van der Waals surface area (Å²) in [7, 11) is 1.46. The molecule has 0 saturated heterocycles. The van der Waals surface area contributed by atoms with Crippen LogP contribution in [0.5, 0.6) is 5.75 Å². The minimum absolute atomic E-state index is 0.243. The predicted molar refractivity (Wildman–Crippen MR) is 74.9 cm³/mol. The highest BCUT2D eigenvalue weighted by molar-refractivity contribution is 6.34. The number of carbonyl (C=O) groups excluding carboxylic acids is 2. The van der Waals surface area contributed by atoms with Crippen LogP contribution < -0.4 is 15.4 Å². The van der Waals surface area contributed by atoms with Gasteiger partial charge in [0.05, 0.1) is 23.4 Å². The van der Waals surface area contributed by atoms with Gasteiger partial charge in [-0.25, -0.2) is 0 Å². The second-order valence-corrected chi connectivity index (χ2v) is 4.38. The van der Waals surface area contributed by atoms with Crippen molar-refractivity contribution in [3.8, 4) is 5.75 Å². The van der Waals surface area contributed by atoms with E-state index in [4.69, 9.17) is 16.3 Å². The molecular weight excluding hydrogens is 268 g/mol. The van der Waals surface area contributed by atoms with E-state index < -0.39 is 0 Å². The van der Waals surface area contributed by atoms with E-state index in [0.29, 0.717) is 23.5 Å². The van der Waals surface area contributed by atoms with Crippen molar-refractivity contribution in [1.82, 2.24) is 5.32 Å². The summed E-state index contributed by atoms with van der Waals surface area (Å²) < 4.78 is 5.15. The molecule has 0 radical (unpaired) electrons. The lowest BCUT2D eigenvalue weighted by Gasteiger charge is -2.12. The number of nitrogens with one attached hydrogen (secondary N) is 2. The van der Waals surface area contributed by atoms with Crippen molar-refractivity contribution in [3.63, 3.8) is 0 Å². The van der Waals surface area contributed by atoms with Crippen LogP contribution in [0.2, 0.25) is 5.02 Å². The zero-order valence-corrected chi connectivity index (χ0v) is 11.9. The van der Waals surface area contributed by atoms with Crippen molar-refractivity contribution in [2.75, 3.05) is 19.0 Å². The second kappa shape index (κ2) is 6.99. The molecule has 0 bridgehead atoms. The van der Waals surface area contributed by atoms with E-state index in [0.717, 1.165) is 6.42 Å². The molecule has 0 unspecified atom stereocenters. The average Bonchev–Trinajstić information content (AvgIpc) is 2.37. The molecule has 1 rings (SSSR count). The van der Waals surface area contributed by atoms with E-state index in [1.54, 1.807) is 0 Å². The van der Waals surface area contributed by atoms with Gasteiger partial charge >= 0.3 is 0 Å². The van der Waals surface area contributed by atoms with Gasteiger partial charge in [0.1, 0.15) is 5.75 Å². The van der Waals surface area contributed by atoms with E-state index in [1.165, 1.54) is 26.2 Å². The van der Waals surface area contributed by atoms with Gasteiger partial charge in [-0.05, 0) is 12.5 Å². The molecule has 1 aromatic carbocycles. The average molecular weight is 285 g/mol. The first-order valence-corrected chi connectivity index (χ1v) is 6.30. The number of rotatable bonds is 5. The van der Waals surface area contributed by atoms with Crippen LogP contribution >= 0.6 is 11.6 Å². The molecule has 0 aliphatic rings. The topological polar surface area (TPSA) is 67.4 Å². The Balaban J connectivity index is 3.09. The van der Waals surface area contributed by atoms with E-state index in [-0.39, 0.29) is 16.8 Å². The van der Waals surface area contributed by atoms with Gasteiger partial charge in [0.25, 0.3) is 5.91 Å². The van der Waals surface area contributed by atoms with Crippen LogP contribution in [0.4, 0.5) is 5.69 Å². The Morgan fingerprint density at radius 2 is 2.05 bits per heavy atom. The van der Waals surface area contributed by atoms with Gasteiger partial charge in [-0.15, -0.1) is 0 Å². The molecule has 0 spiro atoms. The summed E-state index contributed by atoms with van der Waals surface area (Å²) in [4.78, 5) is 23.0. The maximum atomic E-state index is 11.9. The monoisotopic (exact) mass is 284 g/mol. The van der Waals surface area contributed by atoms with Gasteiger partial charge in [0.2, 0.25) is 5.91 Å². The summed E-state index contributed by atoms with van der Waals surface area (Å²) in [6.45, 7) is 3.92. The Hall–Kier alpha value is -1.75. The molecule has 2 N–H and O–H groups in total. The first-order chi connectivity index (χ1) is 8.99. The molecule has 104 valence electrons. The van der Waals surface area contributed by atoms with Gasteiger partial charge in [0.15, 0.2) is 0 Å². The molecule has 0 aliphatic heterocycles. The van der Waals surface area contributed by atoms with Crippen molar-refractivity contribution in [3.05, 3.63) is 22.7 Å². The van der Waals surface area contributed by atoms with Crippen LogP contribution in [0.15, 0.2) is 12.1 Å².